The lowest BCUT2D eigenvalue weighted by atomic mass is 9.94. The van der Waals surface area contributed by atoms with Crippen molar-refractivity contribution in [1.82, 2.24) is 10.2 Å². The van der Waals surface area contributed by atoms with Gasteiger partial charge in [0.2, 0.25) is 5.91 Å². The van der Waals surface area contributed by atoms with E-state index in [0.717, 1.165) is 6.42 Å². The number of amides is 2. The van der Waals surface area contributed by atoms with Crippen LogP contribution in [0.4, 0.5) is 9.18 Å². The van der Waals surface area contributed by atoms with E-state index in [4.69, 9.17) is 14.2 Å². The van der Waals surface area contributed by atoms with Crippen molar-refractivity contribution in [2.75, 3.05) is 13.7 Å². The first-order valence-electron chi connectivity index (χ1n) is 12.4. The van der Waals surface area contributed by atoms with E-state index in [1.165, 1.54) is 13.2 Å². The second kappa shape index (κ2) is 12.0. The highest BCUT2D eigenvalue weighted by Gasteiger charge is 2.42. The monoisotopic (exact) mass is 508 g/mol. The Morgan fingerprint density at radius 2 is 1.69 bits per heavy atom. The van der Waals surface area contributed by atoms with Crippen LogP contribution in [0.2, 0.25) is 0 Å². The first-order chi connectivity index (χ1) is 16.6. The molecule has 0 bridgehead atoms. The maximum atomic E-state index is 14.3. The lowest BCUT2D eigenvalue weighted by Crippen LogP contribution is -2.53. The zero-order valence-corrected chi connectivity index (χ0v) is 22.7. The van der Waals surface area contributed by atoms with Crippen molar-refractivity contribution in [2.24, 2.45) is 5.92 Å². The molecule has 0 aromatic heterocycles. The van der Waals surface area contributed by atoms with Gasteiger partial charge in [-0.3, -0.25) is 4.79 Å². The number of nitrogens with one attached hydrogen (secondary N) is 1. The highest BCUT2D eigenvalue weighted by molar-refractivity contribution is 5.86. The van der Waals surface area contributed by atoms with Gasteiger partial charge in [-0.1, -0.05) is 25.1 Å². The van der Waals surface area contributed by atoms with Gasteiger partial charge in [0.15, 0.2) is 0 Å². The molecule has 0 spiro atoms. The molecule has 36 heavy (non-hydrogen) atoms. The average Bonchev–Trinajstić information content (AvgIpc) is 3.22. The molecule has 1 aliphatic rings. The molecule has 8 nitrogen and oxygen atoms in total. The minimum Gasteiger partial charge on any atom is -0.458 e. The zero-order chi connectivity index (χ0) is 27.3. The first-order valence-corrected chi connectivity index (χ1v) is 12.4. The third-order valence-corrected chi connectivity index (χ3v) is 5.87. The Morgan fingerprint density at radius 3 is 2.25 bits per heavy atom. The molecule has 9 heteroatoms. The van der Waals surface area contributed by atoms with Crippen LogP contribution in [0, 0.1) is 11.7 Å². The van der Waals surface area contributed by atoms with Crippen molar-refractivity contribution in [1.29, 1.82) is 0 Å². The molecule has 1 aromatic rings. The average molecular weight is 509 g/mol. The van der Waals surface area contributed by atoms with E-state index < -0.39 is 53.1 Å². The van der Waals surface area contributed by atoms with Gasteiger partial charge >= 0.3 is 12.1 Å². The number of carbonyl (C=O) groups excluding carboxylic acids is 3. The quantitative estimate of drug-likeness (QED) is 0.528. The Bertz CT molecular complexity index is 924. The van der Waals surface area contributed by atoms with Gasteiger partial charge in [-0.2, -0.15) is 0 Å². The summed E-state index contributed by atoms with van der Waals surface area (Å²) in [6.45, 7) is 12.8. The molecule has 0 radical (unpaired) electrons. The largest absolute Gasteiger partial charge is 0.458 e. The lowest BCUT2D eigenvalue weighted by molar-refractivity contribution is -0.159. The third-order valence-electron chi connectivity index (χ3n) is 5.87. The second-order valence-corrected chi connectivity index (χ2v) is 11.3. The number of hydrogen-bond acceptors (Lipinski definition) is 6. The topological polar surface area (TPSA) is 94.2 Å². The molecule has 2 amide bonds. The van der Waals surface area contributed by atoms with E-state index in [9.17, 15) is 18.8 Å². The molecule has 4 atom stereocenters. The standard InChI is InChI=1S/C27H41FN2O6/c1-17(22(34-8)21-14-11-15-30(21)25(33)36-27(5,6)7)23(31)29-20(24(32)35-26(2,3)4)16-18-12-9-10-13-19(18)28/h9-10,12-13,17,20-22H,11,14-16H2,1-8H3,(H,29,31)/t17?,20?,21-,22?/m0/s1. The minimum absolute atomic E-state index is 0.0643. The number of halogens is 1. The van der Waals surface area contributed by atoms with E-state index in [1.54, 1.807) is 71.6 Å². The normalized spacial score (nSPS) is 18.8. The molecule has 0 saturated carbocycles. The molecule has 1 saturated heterocycles. The van der Waals surface area contributed by atoms with Gasteiger partial charge in [0.05, 0.1) is 18.1 Å². The fraction of sp³-hybridized carbons (Fsp3) is 0.667. The fourth-order valence-electron chi connectivity index (χ4n) is 4.28. The van der Waals surface area contributed by atoms with Crippen molar-refractivity contribution in [3.05, 3.63) is 35.6 Å². The summed E-state index contributed by atoms with van der Waals surface area (Å²) in [7, 11) is 1.49. The SMILES string of the molecule is COC(C(C)C(=O)NC(Cc1ccccc1F)C(=O)OC(C)(C)C)[C@@H]1CCCN1C(=O)OC(C)(C)C. The van der Waals surface area contributed by atoms with Gasteiger partial charge in [-0.15, -0.1) is 0 Å². The Hall–Kier alpha value is -2.68. The molecule has 1 aliphatic heterocycles. The number of methoxy groups -OCH3 is 1. The fourth-order valence-corrected chi connectivity index (χ4v) is 4.28. The van der Waals surface area contributed by atoms with Crippen LogP contribution in [0.5, 0.6) is 0 Å². The van der Waals surface area contributed by atoms with Crippen LogP contribution >= 0.6 is 0 Å². The molecule has 1 aromatic carbocycles. The van der Waals surface area contributed by atoms with Crippen molar-refractivity contribution in [2.45, 2.75) is 97.1 Å². The summed E-state index contributed by atoms with van der Waals surface area (Å²) in [5.41, 5.74) is -1.15. The Morgan fingerprint density at radius 1 is 1.08 bits per heavy atom. The Kier molecular flexibility index (Phi) is 9.88. The molecule has 1 fully saturated rings. The van der Waals surface area contributed by atoms with Gasteiger partial charge in [-0.05, 0) is 66.0 Å². The van der Waals surface area contributed by atoms with Gasteiger partial charge in [0.25, 0.3) is 0 Å². The summed E-state index contributed by atoms with van der Waals surface area (Å²) in [4.78, 5) is 40.7. The number of rotatable bonds is 8. The number of nitrogens with zero attached hydrogens (tertiary/aromatic N) is 1. The van der Waals surface area contributed by atoms with Crippen LogP contribution in [-0.2, 0) is 30.2 Å². The van der Waals surface area contributed by atoms with Crippen molar-refractivity contribution in [3.8, 4) is 0 Å². The summed E-state index contributed by atoms with van der Waals surface area (Å²) in [5.74, 6) is -2.29. The molecular weight excluding hydrogens is 467 g/mol. The predicted octanol–water partition coefficient (Wildman–Crippen LogP) is 4.25. The number of esters is 1. The lowest BCUT2D eigenvalue weighted by Gasteiger charge is -2.35. The maximum absolute atomic E-state index is 14.3. The van der Waals surface area contributed by atoms with Gasteiger partial charge < -0.3 is 24.4 Å². The van der Waals surface area contributed by atoms with Gasteiger partial charge in [-0.25, -0.2) is 14.0 Å². The summed E-state index contributed by atoms with van der Waals surface area (Å²) in [5, 5.41) is 2.74. The van der Waals surface area contributed by atoms with E-state index in [0.29, 0.717) is 13.0 Å². The second-order valence-electron chi connectivity index (χ2n) is 11.3. The summed E-state index contributed by atoms with van der Waals surface area (Å²) in [6, 6.07) is 4.64. The number of likely N-dealkylation sites (tertiary alicyclic amines) is 1. The van der Waals surface area contributed by atoms with Crippen molar-refractivity contribution >= 4 is 18.0 Å². The van der Waals surface area contributed by atoms with E-state index in [1.807, 2.05) is 0 Å². The highest BCUT2D eigenvalue weighted by atomic mass is 19.1. The van der Waals surface area contributed by atoms with Crippen molar-refractivity contribution < 1.29 is 33.0 Å². The number of carbonyl (C=O) groups is 3. The molecule has 3 unspecified atom stereocenters. The number of hydrogen-bond donors (Lipinski definition) is 1. The highest BCUT2D eigenvalue weighted by Crippen LogP contribution is 2.28. The predicted molar refractivity (Wildman–Crippen MR) is 134 cm³/mol. The molecular formula is C27H41FN2O6. The minimum atomic E-state index is -1.10. The molecule has 1 heterocycles. The number of benzene rings is 1. The smallest absolute Gasteiger partial charge is 0.410 e. The Labute approximate surface area is 213 Å². The van der Waals surface area contributed by atoms with Gasteiger partial charge in [0.1, 0.15) is 23.1 Å². The maximum Gasteiger partial charge on any atom is 0.410 e. The first kappa shape index (κ1) is 29.5. The van der Waals surface area contributed by atoms with Crippen LogP contribution in [0.1, 0.15) is 66.9 Å². The molecule has 202 valence electrons. The molecule has 0 aliphatic carbocycles. The van der Waals surface area contributed by atoms with E-state index >= 15 is 0 Å². The van der Waals surface area contributed by atoms with Crippen LogP contribution in [-0.4, -0.2) is 65.9 Å². The molecule has 2 rings (SSSR count). The van der Waals surface area contributed by atoms with Crippen LogP contribution < -0.4 is 5.32 Å². The number of ether oxygens (including phenoxy) is 3. The van der Waals surface area contributed by atoms with Crippen molar-refractivity contribution in [3.63, 3.8) is 0 Å². The summed E-state index contributed by atoms with van der Waals surface area (Å²) >= 11 is 0. The zero-order valence-electron chi connectivity index (χ0n) is 22.7. The van der Waals surface area contributed by atoms with E-state index in [-0.39, 0.29) is 18.0 Å². The van der Waals surface area contributed by atoms with Crippen LogP contribution in [0.3, 0.4) is 0 Å². The summed E-state index contributed by atoms with van der Waals surface area (Å²) < 4.78 is 31.1. The third kappa shape index (κ3) is 8.47. The summed E-state index contributed by atoms with van der Waals surface area (Å²) in [6.07, 6.45) is 0.260. The molecule has 1 N–H and O–H groups in total. The van der Waals surface area contributed by atoms with Crippen LogP contribution in [0.15, 0.2) is 24.3 Å². The van der Waals surface area contributed by atoms with Crippen LogP contribution in [0.25, 0.3) is 0 Å². The Balaban J connectivity index is 2.21. The van der Waals surface area contributed by atoms with Gasteiger partial charge in [0, 0.05) is 20.1 Å². The van der Waals surface area contributed by atoms with E-state index in [2.05, 4.69) is 5.32 Å².